The van der Waals surface area contributed by atoms with Crippen molar-refractivity contribution in [3.05, 3.63) is 69.4 Å². The largest absolute Gasteiger partial charge is 0.345 e. The van der Waals surface area contributed by atoms with Gasteiger partial charge in [-0.2, -0.15) is 0 Å². The van der Waals surface area contributed by atoms with Crippen molar-refractivity contribution < 1.29 is 9.18 Å². The van der Waals surface area contributed by atoms with Crippen LogP contribution in [0.2, 0.25) is 0 Å². The van der Waals surface area contributed by atoms with Crippen LogP contribution in [-0.4, -0.2) is 5.91 Å². The molecule has 0 radical (unpaired) electrons. The summed E-state index contributed by atoms with van der Waals surface area (Å²) in [6, 6.07) is 12.6. The molecule has 3 rings (SSSR count). The molecule has 1 fully saturated rings. The van der Waals surface area contributed by atoms with E-state index in [-0.39, 0.29) is 17.5 Å². The first-order valence-electron chi connectivity index (χ1n) is 7.37. The van der Waals surface area contributed by atoms with Crippen molar-refractivity contribution in [1.29, 1.82) is 0 Å². The van der Waals surface area contributed by atoms with E-state index in [0.717, 1.165) is 18.4 Å². The number of nitrogens with one attached hydrogen (secondary N) is 1. The van der Waals surface area contributed by atoms with Crippen LogP contribution < -0.4 is 5.32 Å². The molecule has 1 aliphatic rings. The molecule has 114 valence electrons. The Balaban J connectivity index is 1.82. The number of hydrogen-bond acceptors (Lipinski definition) is 1. The Bertz CT molecular complexity index is 695. The molecule has 0 spiro atoms. The van der Waals surface area contributed by atoms with E-state index in [2.05, 4.69) is 21.2 Å². The monoisotopic (exact) mass is 361 g/mol. The van der Waals surface area contributed by atoms with Crippen molar-refractivity contribution in [3.8, 4) is 0 Å². The maximum absolute atomic E-state index is 13.9. The third-order valence-electron chi connectivity index (χ3n) is 3.99. The van der Waals surface area contributed by atoms with Gasteiger partial charge in [-0.15, -0.1) is 0 Å². The minimum Gasteiger partial charge on any atom is -0.345 e. The Labute approximate surface area is 137 Å². The van der Waals surface area contributed by atoms with E-state index in [0.29, 0.717) is 10.4 Å². The fourth-order valence-corrected chi connectivity index (χ4v) is 2.90. The summed E-state index contributed by atoms with van der Waals surface area (Å²) >= 11 is 3.20. The predicted molar refractivity (Wildman–Crippen MR) is 88.2 cm³/mol. The lowest BCUT2D eigenvalue weighted by Crippen LogP contribution is -2.30. The zero-order valence-electron chi connectivity index (χ0n) is 12.3. The lowest BCUT2D eigenvalue weighted by molar-refractivity contribution is 0.0927. The topological polar surface area (TPSA) is 29.1 Å². The van der Waals surface area contributed by atoms with Gasteiger partial charge in [0.1, 0.15) is 5.82 Å². The van der Waals surface area contributed by atoms with E-state index in [4.69, 9.17) is 0 Å². The summed E-state index contributed by atoms with van der Waals surface area (Å²) < 4.78 is 14.6. The summed E-state index contributed by atoms with van der Waals surface area (Å²) in [6.07, 6.45) is 2.20. The quantitative estimate of drug-likeness (QED) is 0.834. The van der Waals surface area contributed by atoms with Gasteiger partial charge in [-0.3, -0.25) is 4.79 Å². The van der Waals surface area contributed by atoms with Gasteiger partial charge in [-0.25, -0.2) is 4.39 Å². The second kappa shape index (κ2) is 6.21. The highest BCUT2D eigenvalue weighted by Gasteiger charge is 2.33. The summed E-state index contributed by atoms with van der Waals surface area (Å²) in [4.78, 5) is 12.4. The summed E-state index contributed by atoms with van der Waals surface area (Å²) in [5, 5.41) is 3.00. The van der Waals surface area contributed by atoms with Crippen LogP contribution in [0, 0.1) is 18.7 Å². The van der Waals surface area contributed by atoms with Crippen molar-refractivity contribution in [3.63, 3.8) is 0 Å². The van der Waals surface area contributed by atoms with Gasteiger partial charge < -0.3 is 5.32 Å². The van der Waals surface area contributed by atoms with Gasteiger partial charge in [0.15, 0.2) is 0 Å². The first-order chi connectivity index (χ1) is 10.5. The average Bonchev–Trinajstić information content (AvgIpc) is 3.30. The van der Waals surface area contributed by atoms with Crippen LogP contribution in [0.5, 0.6) is 0 Å². The molecule has 0 bridgehead atoms. The molecule has 0 aliphatic heterocycles. The molecule has 0 aromatic heterocycles. The molecule has 22 heavy (non-hydrogen) atoms. The van der Waals surface area contributed by atoms with Gasteiger partial charge in [-0.1, -0.05) is 45.8 Å². The van der Waals surface area contributed by atoms with Gasteiger partial charge in [-0.05, 0) is 49.4 Å². The van der Waals surface area contributed by atoms with E-state index >= 15 is 0 Å². The van der Waals surface area contributed by atoms with Crippen molar-refractivity contribution in [2.24, 2.45) is 5.92 Å². The lowest BCUT2D eigenvalue weighted by Gasteiger charge is -2.19. The van der Waals surface area contributed by atoms with E-state index in [9.17, 15) is 9.18 Å². The third-order valence-corrected chi connectivity index (χ3v) is 4.49. The standard InChI is InChI=1S/C18H17BrFNO/c1-11-2-4-12(5-3-11)17(13-6-7-13)21-18(22)15-9-8-14(19)10-16(15)20/h2-5,8-10,13,17H,6-7H2,1H3,(H,21,22). The van der Waals surface area contributed by atoms with Crippen LogP contribution in [0.4, 0.5) is 4.39 Å². The molecule has 1 atom stereocenters. The molecule has 0 heterocycles. The van der Waals surface area contributed by atoms with Crippen LogP contribution in [-0.2, 0) is 0 Å². The molecule has 1 saturated carbocycles. The van der Waals surface area contributed by atoms with Gasteiger partial charge in [0.05, 0.1) is 11.6 Å². The number of rotatable bonds is 4. The molecule has 2 aromatic carbocycles. The Kier molecular flexibility index (Phi) is 4.30. The second-order valence-electron chi connectivity index (χ2n) is 5.82. The molecule has 4 heteroatoms. The molecular weight excluding hydrogens is 345 g/mol. The fourth-order valence-electron chi connectivity index (χ4n) is 2.57. The maximum Gasteiger partial charge on any atom is 0.254 e. The zero-order chi connectivity index (χ0) is 15.7. The molecular formula is C18H17BrFNO. The highest BCUT2D eigenvalue weighted by molar-refractivity contribution is 9.10. The Morgan fingerprint density at radius 2 is 1.91 bits per heavy atom. The molecule has 0 saturated heterocycles. The minimum absolute atomic E-state index is 0.0452. The van der Waals surface area contributed by atoms with E-state index in [1.807, 2.05) is 31.2 Å². The minimum atomic E-state index is -0.509. The van der Waals surface area contributed by atoms with E-state index < -0.39 is 5.82 Å². The summed E-state index contributed by atoms with van der Waals surface area (Å²) in [5.41, 5.74) is 2.35. The highest BCUT2D eigenvalue weighted by atomic mass is 79.9. The number of carbonyl (C=O) groups is 1. The van der Waals surface area contributed by atoms with Gasteiger partial charge in [0, 0.05) is 4.47 Å². The molecule has 1 amide bonds. The van der Waals surface area contributed by atoms with Crippen LogP contribution in [0.3, 0.4) is 0 Å². The first-order valence-corrected chi connectivity index (χ1v) is 8.16. The Morgan fingerprint density at radius 1 is 1.23 bits per heavy atom. The predicted octanol–water partition coefficient (Wildman–Crippen LogP) is 4.78. The summed E-state index contributed by atoms with van der Waals surface area (Å²) in [5.74, 6) is -0.419. The van der Waals surface area contributed by atoms with Crippen molar-refractivity contribution in [2.45, 2.75) is 25.8 Å². The Hall–Kier alpha value is -1.68. The van der Waals surface area contributed by atoms with Crippen molar-refractivity contribution in [2.75, 3.05) is 0 Å². The van der Waals surface area contributed by atoms with Crippen molar-refractivity contribution >= 4 is 21.8 Å². The molecule has 2 aromatic rings. The van der Waals surface area contributed by atoms with Gasteiger partial charge in [0.25, 0.3) is 5.91 Å². The molecule has 1 N–H and O–H groups in total. The number of amides is 1. The SMILES string of the molecule is Cc1ccc(C(NC(=O)c2ccc(Br)cc2F)C2CC2)cc1. The summed E-state index contributed by atoms with van der Waals surface area (Å²) in [7, 11) is 0. The normalized spacial score (nSPS) is 15.4. The van der Waals surface area contributed by atoms with Crippen molar-refractivity contribution in [1.82, 2.24) is 5.32 Å². The third kappa shape index (κ3) is 3.38. The highest BCUT2D eigenvalue weighted by Crippen LogP contribution is 2.41. The van der Waals surface area contributed by atoms with Gasteiger partial charge >= 0.3 is 0 Å². The zero-order valence-corrected chi connectivity index (χ0v) is 13.9. The number of carbonyl (C=O) groups excluding carboxylic acids is 1. The lowest BCUT2D eigenvalue weighted by atomic mass is 10.0. The fraction of sp³-hybridized carbons (Fsp3) is 0.278. The van der Waals surface area contributed by atoms with Crippen LogP contribution in [0.15, 0.2) is 46.9 Å². The van der Waals surface area contributed by atoms with E-state index in [1.165, 1.54) is 17.7 Å². The maximum atomic E-state index is 13.9. The molecule has 1 unspecified atom stereocenters. The number of aryl methyl sites for hydroxylation is 1. The first kappa shape index (κ1) is 15.2. The van der Waals surface area contributed by atoms with Gasteiger partial charge in [0.2, 0.25) is 0 Å². The second-order valence-corrected chi connectivity index (χ2v) is 6.74. The molecule has 1 aliphatic carbocycles. The Morgan fingerprint density at radius 3 is 2.50 bits per heavy atom. The smallest absolute Gasteiger partial charge is 0.254 e. The van der Waals surface area contributed by atoms with Crippen LogP contribution >= 0.6 is 15.9 Å². The number of benzene rings is 2. The summed E-state index contributed by atoms with van der Waals surface area (Å²) in [6.45, 7) is 2.03. The van der Waals surface area contributed by atoms with Crippen LogP contribution in [0.1, 0.15) is 40.4 Å². The number of halogens is 2. The van der Waals surface area contributed by atoms with E-state index in [1.54, 1.807) is 6.07 Å². The average molecular weight is 362 g/mol. The molecule has 2 nitrogen and oxygen atoms in total. The van der Waals surface area contributed by atoms with Crippen LogP contribution in [0.25, 0.3) is 0 Å². The number of hydrogen-bond donors (Lipinski definition) is 1.